The van der Waals surface area contributed by atoms with Crippen LogP contribution in [-0.4, -0.2) is 25.0 Å². The predicted molar refractivity (Wildman–Crippen MR) is 116 cm³/mol. The maximum Gasteiger partial charge on any atom is 0.258 e. The summed E-state index contributed by atoms with van der Waals surface area (Å²) in [6, 6.07) is 22.9. The van der Waals surface area contributed by atoms with Gasteiger partial charge < -0.3 is 15.0 Å². The van der Waals surface area contributed by atoms with Crippen molar-refractivity contribution in [2.45, 2.75) is 12.8 Å². The zero-order valence-electron chi connectivity index (χ0n) is 16.5. The van der Waals surface area contributed by atoms with Gasteiger partial charge in [-0.15, -0.1) is 0 Å². The molecule has 0 bridgehead atoms. The van der Waals surface area contributed by atoms with Crippen LogP contribution in [0.2, 0.25) is 0 Å². The van der Waals surface area contributed by atoms with Gasteiger partial charge in [-0.2, -0.15) is 0 Å². The highest BCUT2D eigenvalue weighted by Crippen LogP contribution is 2.30. The number of ether oxygens (including phenoxy) is 1. The molecule has 0 aromatic heterocycles. The molecule has 3 aromatic rings. The van der Waals surface area contributed by atoms with Crippen LogP contribution in [0.15, 0.2) is 72.8 Å². The summed E-state index contributed by atoms with van der Waals surface area (Å²) in [5, 5.41) is 2.95. The Morgan fingerprint density at radius 2 is 1.63 bits per heavy atom. The molecular weight excluding hydrogens is 376 g/mol. The van der Waals surface area contributed by atoms with E-state index >= 15 is 0 Å². The third-order valence-electron chi connectivity index (χ3n) is 5.78. The summed E-state index contributed by atoms with van der Waals surface area (Å²) in [5.74, 6) is 0.530. The van der Waals surface area contributed by atoms with Crippen molar-refractivity contribution in [3.63, 3.8) is 0 Å². The van der Waals surface area contributed by atoms with Crippen LogP contribution in [-0.2, 0) is 17.6 Å². The predicted octanol–water partition coefficient (Wildman–Crippen LogP) is 4.08. The van der Waals surface area contributed by atoms with Crippen molar-refractivity contribution >= 4 is 23.2 Å². The first kappa shape index (κ1) is 18.4. The lowest BCUT2D eigenvalue weighted by molar-refractivity contribution is -0.121. The van der Waals surface area contributed by atoms with E-state index in [-0.39, 0.29) is 17.7 Å². The van der Waals surface area contributed by atoms with Crippen LogP contribution in [0.3, 0.4) is 0 Å². The topological polar surface area (TPSA) is 58.6 Å². The minimum atomic E-state index is -0.234. The molecule has 2 aliphatic rings. The van der Waals surface area contributed by atoms with Crippen molar-refractivity contribution in [3.05, 3.63) is 89.5 Å². The van der Waals surface area contributed by atoms with E-state index in [1.807, 2.05) is 47.4 Å². The number of benzene rings is 3. The van der Waals surface area contributed by atoms with E-state index in [1.54, 1.807) is 24.3 Å². The zero-order valence-corrected chi connectivity index (χ0v) is 16.5. The number of hydrogen-bond donors (Lipinski definition) is 1. The first-order valence-electron chi connectivity index (χ1n) is 10.2. The SMILES string of the molecule is O=C(Nc1ccc(C(=O)N2CCc3ccccc32)cc1)C1COc2ccccc2C1. The van der Waals surface area contributed by atoms with Crippen LogP contribution < -0.4 is 15.0 Å². The molecule has 5 heteroatoms. The van der Waals surface area contributed by atoms with Crippen molar-refractivity contribution in [3.8, 4) is 5.75 Å². The largest absolute Gasteiger partial charge is 0.492 e. The van der Waals surface area contributed by atoms with Gasteiger partial charge in [0.1, 0.15) is 12.4 Å². The first-order valence-corrected chi connectivity index (χ1v) is 10.2. The number of carbonyl (C=O) groups is 2. The fourth-order valence-corrected chi connectivity index (χ4v) is 4.14. The second kappa shape index (κ2) is 7.67. The van der Waals surface area contributed by atoms with Gasteiger partial charge in [-0.25, -0.2) is 0 Å². The number of carbonyl (C=O) groups excluding carboxylic acids is 2. The normalized spacial score (nSPS) is 16.9. The highest BCUT2D eigenvalue weighted by molar-refractivity contribution is 6.07. The molecule has 150 valence electrons. The van der Waals surface area contributed by atoms with E-state index in [0.717, 1.165) is 23.4 Å². The van der Waals surface area contributed by atoms with E-state index in [2.05, 4.69) is 11.4 Å². The van der Waals surface area contributed by atoms with Gasteiger partial charge in [0.05, 0.1) is 5.92 Å². The van der Waals surface area contributed by atoms with Crippen molar-refractivity contribution in [1.82, 2.24) is 0 Å². The van der Waals surface area contributed by atoms with Gasteiger partial charge in [0.2, 0.25) is 5.91 Å². The van der Waals surface area contributed by atoms with Crippen LogP contribution >= 0.6 is 0 Å². The number of nitrogens with one attached hydrogen (secondary N) is 1. The Hall–Kier alpha value is -3.60. The minimum absolute atomic E-state index is 0.0184. The average Bonchev–Trinajstić information content (AvgIpc) is 3.23. The van der Waals surface area contributed by atoms with Gasteiger partial charge in [0.15, 0.2) is 0 Å². The third-order valence-corrected chi connectivity index (χ3v) is 5.78. The highest BCUT2D eigenvalue weighted by atomic mass is 16.5. The molecule has 0 aliphatic carbocycles. The summed E-state index contributed by atoms with van der Waals surface area (Å²) in [7, 11) is 0. The van der Waals surface area contributed by atoms with Gasteiger partial charge in [0.25, 0.3) is 5.91 Å². The Balaban J connectivity index is 1.25. The second-order valence-electron chi connectivity index (χ2n) is 7.72. The maximum atomic E-state index is 12.9. The van der Waals surface area contributed by atoms with E-state index in [4.69, 9.17) is 4.74 Å². The van der Waals surface area contributed by atoms with Crippen LogP contribution in [0.1, 0.15) is 21.5 Å². The molecule has 1 N–H and O–H groups in total. The molecule has 2 amide bonds. The standard InChI is InChI=1S/C25H22N2O3/c28-24(20-15-19-6-2-4-8-23(19)30-16-20)26-21-11-9-18(10-12-21)25(29)27-14-13-17-5-1-3-7-22(17)27/h1-12,20H,13-16H2,(H,26,28). The first-order chi connectivity index (χ1) is 14.7. The molecule has 2 aliphatic heterocycles. The Bertz CT molecular complexity index is 1110. The Labute approximate surface area is 175 Å². The van der Waals surface area contributed by atoms with Crippen molar-refractivity contribution in [2.75, 3.05) is 23.4 Å². The number of hydrogen-bond acceptors (Lipinski definition) is 3. The fourth-order valence-electron chi connectivity index (χ4n) is 4.14. The smallest absolute Gasteiger partial charge is 0.258 e. The lowest BCUT2D eigenvalue weighted by Gasteiger charge is -2.24. The molecule has 5 rings (SSSR count). The molecule has 0 fully saturated rings. The zero-order chi connectivity index (χ0) is 20.5. The average molecular weight is 398 g/mol. The van der Waals surface area contributed by atoms with Gasteiger partial charge in [-0.05, 0) is 60.4 Å². The Morgan fingerprint density at radius 3 is 2.47 bits per heavy atom. The molecule has 5 nitrogen and oxygen atoms in total. The molecule has 1 atom stereocenters. The van der Waals surface area contributed by atoms with E-state index in [1.165, 1.54) is 5.56 Å². The number of nitrogens with zero attached hydrogens (tertiary/aromatic N) is 1. The lowest BCUT2D eigenvalue weighted by atomic mass is 9.96. The lowest BCUT2D eigenvalue weighted by Crippen LogP contribution is -2.32. The molecular formula is C25H22N2O3. The summed E-state index contributed by atoms with van der Waals surface area (Å²) in [5.41, 5.74) is 4.52. The summed E-state index contributed by atoms with van der Waals surface area (Å²) >= 11 is 0. The summed E-state index contributed by atoms with van der Waals surface area (Å²) in [6.45, 7) is 1.06. The van der Waals surface area contributed by atoms with E-state index in [9.17, 15) is 9.59 Å². The number of para-hydroxylation sites is 2. The number of fused-ring (bicyclic) bond motifs is 2. The van der Waals surface area contributed by atoms with Gasteiger partial charge >= 0.3 is 0 Å². The molecule has 3 aromatic carbocycles. The van der Waals surface area contributed by atoms with Gasteiger partial charge in [-0.3, -0.25) is 9.59 Å². The van der Waals surface area contributed by atoms with E-state index < -0.39 is 0 Å². The molecule has 0 saturated carbocycles. The quantitative estimate of drug-likeness (QED) is 0.723. The van der Waals surface area contributed by atoms with Crippen LogP contribution in [0.25, 0.3) is 0 Å². The van der Waals surface area contributed by atoms with Gasteiger partial charge in [-0.1, -0.05) is 36.4 Å². The van der Waals surface area contributed by atoms with Crippen molar-refractivity contribution in [2.24, 2.45) is 5.92 Å². The molecule has 30 heavy (non-hydrogen) atoms. The second-order valence-corrected chi connectivity index (χ2v) is 7.72. The molecule has 0 saturated heterocycles. The number of amides is 2. The van der Waals surface area contributed by atoms with Crippen LogP contribution in [0, 0.1) is 5.92 Å². The number of rotatable bonds is 3. The van der Waals surface area contributed by atoms with Crippen LogP contribution in [0.5, 0.6) is 5.75 Å². The highest BCUT2D eigenvalue weighted by Gasteiger charge is 2.27. The van der Waals surface area contributed by atoms with E-state index in [0.29, 0.717) is 30.8 Å². The minimum Gasteiger partial charge on any atom is -0.492 e. The monoisotopic (exact) mass is 398 g/mol. The number of anilines is 2. The summed E-state index contributed by atoms with van der Waals surface area (Å²) in [6.07, 6.45) is 1.54. The maximum absolute atomic E-state index is 12.9. The fraction of sp³-hybridized carbons (Fsp3) is 0.200. The van der Waals surface area contributed by atoms with Crippen molar-refractivity contribution in [1.29, 1.82) is 0 Å². The van der Waals surface area contributed by atoms with Crippen LogP contribution in [0.4, 0.5) is 11.4 Å². The molecule has 1 unspecified atom stereocenters. The Morgan fingerprint density at radius 1 is 0.900 bits per heavy atom. The molecule has 2 heterocycles. The van der Waals surface area contributed by atoms with Gasteiger partial charge in [0, 0.05) is 23.5 Å². The molecule has 0 spiro atoms. The third kappa shape index (κ3) is 3.43. The molecule has 0 radical (unpaired) electrons. The van der Waals surface area contributed by atoms with Crippen molar-refractivity contribution < 1.29 is 14.3 Å². The Kier molecular flexibility index (Phi) is 4.71. The summed E-state index contributed by atoms with van der Waals surface area (Å²) < 4.78 is 5.72. The summed E-state index contributed by atoms with van der Waals surface area (Å²) in [4.78, 5) is 27.4.